The number of hydrogen-bond acceptors (Lipinski definition) is 8. The summed E-state index contributed by atoms with van der Waals surface area (Å²) in [6.45, 7) is 3.10. The van der Waals surface area contributed by atoms with E-state index < -0.39 is 34.2 Å². The summed E-state index contributed by atoms with van der Waals surface area (Å²) in [4.78, 5) is 37.9. The van der Waals surface area contributed by atoms with Gasteiger partial charge in [0.05, 0.1) is 18.1 Å². The molecule has 0 aromatic carbocycles. The summed E-state index contributed by atoms with van der Waals surface area (Å²) < 4.78 is 9.51. The third kappa shape index (κ3) is 3.65. The quantitative estimate of drug-likeness (QED) is 0.352. The molecule has 1 aromatic heterocycles. The summed E-state index contributed by atoms with van der Waals surface area (Å²) >= 11 is 0. The first-order chi connectivity index (χ1) is 9.93. The summed E-state index contributed by atoms with van der Waals surface area (Å²) in [5.74, 6) is -3.59. The molecular weight excluding hydrogens is 282 g/mol. The molecule has 0 spiro atoms. The second-order valence-electron chi connectivity index (χ2n) is 3.83. The van der Waals surface area contributed by atoms with Crippen molar-refractivity contribution in [3.05, 3.63) is 28.1 Å². The lowest BCUT2D eigenvalue weighted by molar-refractivity contribution is -0.385. The van der Waals surface area contributed by atoms with Crippen molar-refractivity contribution in [3.63, 3.8) is 0 Å². The highest BCUT2D eigenvalue weighted by Crippen LogP contribution is 2.31. The van der Waals surface area contributed by atoms with Gasteiger partial charge in [0.15, 0.2) is 0 Å². The summed E-state index contributed by atoms with van der Waals surface area (Å²) in [5, 5.41) is 11.1. The zero-order valence-corrected chi connectivity index (χ0v) is 11.6. The fourth-order valence-corrected chi connectivity index (χ4v) is 1.67. The predicted molar refractivity (Wildman–Crippen MR) is 71.3 cm³/mol. The van der Waals surface area contributed by atoms with Crippen LogP contribution in [0.15, 0.2) is 12.3 Å². The van der Waals surface area contributed by atoms with Gasteiger partial charge >= 0.3 is 17.6 Å². The van der Waals surface area contributed by atoms with E-state index in [4.69, 9.17) is 15.2 Å². The summed E-state index contributed by atoms with van der Waals surface area (Å²) in [7, 11) is 0. The van der Waals surface area contributed by atoms with E-state index in [0.29, 0.717) is 0 Å². The maximum absolute atomic E-state index is 11.9. The van der Waals surface area contributed by atoms with Gasteiger partial charge in [-0.15, -0.1) is 0 Å². The first-order valence-corrected chi connectivity index (χ1v) is 6.16. The predicted octanol–water partition coefficient (Wildman–Crippen LogP) is 0.782. The molecule has 2 N–H and O–H groups in total. The van der Waals surface area contributed by atoms with Crippen LogP contribution < -0.4 is 5.73 Å². The Labute approximate surface area is 120 Å². The fraction of sp³-hybridized carbons (Fsp3) is 0.417. The van der Waals surface area contributed by atoms with Gasteiger partial charge in [0.1, 0.15) is 11.4 Å². The molecule has 0 radical (unpaired) electrons. The molecule has 0 unspecified atom stereocenters. The zero-order valence-electron chi connectivity index (χ0n) is 11.6. The molecule has 0 amide bonds. The molecule has 1 aromatic rings. The number of nitrogens with two attached hydrogens (primary N) is 1. The van der Waals surface area contributed by atoms with E-state index in [2.05, 4.69) is 4.98 Å². The molecule has 9 nitrogen and oxygen atoms in total. The van der Waals surface area contributed by atoms with Crippen molar-refractivity contribution in [1.82, 2.24) is 4.98 Å². The number of pyridine rings is 1. The summed E-state index contributed by atoms with van der Waals surface area (Å²) in [6.07, 6.45) is 1.17. The van der Waals surface area contributed by atoms with Crippen LogP contribution in [0.4, 0.5) is 11.4 Å². The number of nitrogens with zero attached hydrogens (tertiary/aromatic N) is 2. The van der Waals surface area contributed by atoms with Crippen molar-refractivity contribution in [3.8, 4) is 0 Å². The standard InChI is InChI=1S/C12H15N3O6/c1-3-20-11(16)8(12(17)21-4-2)9-10(15(18)19)7(13)5-6-14-9/h5-6,8H,3-4H2,1-2H3,(H2,13,14). The molecule has 9 heteroatoms. The Bertz CT molecular complexity index is 542. The highest BCUT2D eigenvalue weighted by atomic mass is 16.6. The average Bonchev–Trinajstić information content (AvgIpc) is 2.39. The van der Waals surface area contributed by atoms with Crippen LogP contribution in [0.1, 0.15) is 25.5 Å². The van der Waals surface area contributed by atoms with Crippen molar-refractivity contribution in [2.24, 2.45) is 0 Å². The van der Waals surface area contributed by atoms with Crippen LogP contribution in [0.3, 0.4) is 0 Å². The van der Waals surface area contributed by atoms with E-state index in [1.807, 2.05) is 0 Å². The highest BCUT2D eigenvalue weighted by Gasteiger charge is 2.39. The van der Waals surface area contributed by atoms with Crippen LogP contribution in [-0.4, -0.2) is 35.1 Å². The normalized spacial score (nSPS) is 10.2. The van der Waals surface area contributed by atoms with Crippen molar-refractivity contribution >= 4 is 23.3 Å². The molecule has 1 rings (SSSR count). The Kier molecular flexibility index (Phi) is 5.58. The van der Waals surface area contributed by atoms with Crippen LogP contribution in [0.5, 0.6) is 0 Å². The van der Waals surface area contributed by atoms with E-state index in [1.165, 1.54) is 12.3 Å². The van der Waals surface area contributed by atoms with E-state index >= 15 is 0 Å². The van der Waals surface area contributed by atoms with Crippen molar-refractivity contribution in [1.29, 1.82) is 0 Å². The molecule has 114 valence electrons. The molecule has 0 aliphatic carbocycles. The molecule has 0 aliphatic heterocycles. The van der Waals surface area contributed by atoms with Gasteiger partial charge in [0, 0.05) is 6.20 Å². The minimum absolute atomic E-state index is 0.00481. The van der Waals surface area contributed by atoms with E-state index in [-0.39, 0.29) is 18.9 Å². The molecule has 0 atom stereocenters. The lowest BCUT2D eigenvalue weighted by Gasteiger charge is -2.14. The third-order valence-corrected chi connectivity index (χ3v) is 2.48. The zero-order chi connectivity index (χ0) is 16.0. The van der Waals surface area contributed by atoms with Crippen molar-refractivity contribution < 1.29 is 24.0 Å². The Morgan fingerprint density at radius 3 is 2.29 bits per heavy atom. The number of hydrogen-bond donors (Lipinski definition) is 1. The van der Waals surface area contributed by atoms with Crippen molar-refractivity contribution in [2.45, 2.75) is 19.8 Å². The maximum atomic E-state index is 11.9. The monoisotopic (exact) mass is 297 g/mol. The molecule has 21 heavy (non-hydrogen) atoms. The first kappa shape index (κ1) is 16.3. The number of carbonyl (C=O) groups is 2. The smallest absolute Gasteiger partial charge is 0.326 e. The molecule has 0 aliphatic rings. The number of nitrogen functional groups attached to an aromatic ring is 1. The fourth-order valence-electron chi connectivity index (χ4n) is 1.67. The number of ether oxygens (including phenoxy) is 2. The van der Waals surface area contributed by atoms with Crippen LogP contribution in [0.25, 0.3) is 0 Å². The van der Waals surface area contributed by atoms with E-state index in [1.54, 1.807) is 13.8 Å². The van der Waals surface area contributed by atoms with Gasteiger partial charge in [0.25, 0.3) is 0 Å². The SMILES string of the molecule is CCOC(=O)C(C(=O)OCC)c1nccc(N)c1[N+](=O)[O-]. The molecule has 0 saturated carbocycles. The molecule has 0 bridgehead atoms. The Morgan fingerprint density at radius 2 is 1.86 bits per heavy atom. The van der Waals surface area contributed by atoms with Crippen LogP contribution in [0, 0.1) is 10.1 Å². The third-order valence-electron chi connectivity index (χ3n) is 2.48. The summed E-state index contributed by atoms with van der Waals surface area (Å²) in [5.41, 5.74) is 4.32. The van der Waals surface area contributed by atoms with Crippen LogP contribution in [-0.2, 0) is 19.1 Å². The van der Waals surface area contributed by atoms with Gasteiger partial charge in [-0.1, -0.05) is 0 Å². The average molecular weight is 297 g/mol. The number of aromatic nitrogens is 1. The molecular formula is C12H15N3O6. The lowest BCUT2D eigenvalue weighted by atomic mass is 10.0. The van der Waals surface area contributed by atoms with E-state index in [0.717, 1.165) is 0 Å². The Hall–Kier alpha value is -2.71. The van der Waals surface area contributed by atoms with Gasteiger partial charge in [-0.05, 0) is 19.9 Å². The van der Waals surface area contributed by atoms with Gasteiger partial charge < -0.3 is 15.2 Å². The second kappa shape index (κ2) is 7.17. The molecule has 0 fully saturated rings. The topological polar surface area (TPSA) is 135 Å². The highest BCUT2D eigenvalue weighted by molar-refractivity contribution is 6.01. The maximum Gasteiger partial charge on any atom is 0.326 e. The number of esters is 2. The Balaban J connectivity index is 3.39. The number of nitro groups is 1. The van der Waals surface area contributed by atoms with Gasteiger partial charge in [-0.3, -0.25) is 24.7 Å². The van der Waals surface area contributed by atoms with Gasteiger partial charge in [-0.2, -0.15) is 0 Å². The first-order valence-electron chi connectivity index (χ1n) is 6.16. The van der Waals surface area contributed by atoms with Gasteiger partial charge in [0.2, 0.25) is 5.92 Å². The second-order valence-corrected chi connectivity index (χ2v) is 3.83. The van der Waals surface area contributed by atoms with Crippen molar-refractivity contribution in [2.75, 3.05) is 18.9 Å². The minimum atomic E-state index is -1.64. The van der Waals surface area contributed by atoms with Gasteiger partial charge in [-0.25, -0.2) is 0 Å². The Morgan fingerprint density at radius 1 is 1.33 bits per heavy atom. The molecule has 0 saturated heterocycles. The van der Waals surface area contributed by atoms with E-state index in [9.17, 15) is 19.7 Å². The van der Waals surface area contributed by atoms with Crippen LogP contribution >= 0.6 is 0 Å². The molecule has 1 heterocycles. The number of rotatable bonds is 6. The van der Waals surface area contributed by atoms with Crippen LogP contribution in [0.2, 0.25) is 0 Å². The number of carbonyl (C=O) groups excluding carboxylic acids is 2. The summed E-state index contributed by atoms with van der Waals surface area (Å²) in [6, 6.07) is 1.20. The minimum Gasteiger partial charge on any atom is -0.465 e. The largest absolute Gasteiger partial charge is 0.465 e. The lowest BCUT2D eigenvalue weighted by Crippen LogP contribution is -2.28. The number of anilines is 1.